The zero-order valence-electron chi connectivity index (χ0n) is 39.4. The van der Waals surface area contributed by atoms with E-state index in [1.807, 2.05) is 6.92 Å². The molecule has 21 nitrogen and oxygen atoms in total. The Bertz CT molecular complexity index is 2010. The first kappa shape index (κ1) is 51.5. The van der Waals surface area contributed by atoms with Crippen LogP contribution in [-0.4, -0.2) is 174 Å². The molecule has 3 saturated heterocycles. The second kappa shape index (κ2) is 17.7. The molecule has 5 aliphatic carbocycles. The quantitative estimate of drug-likeness (QED) is 0.0772. The summed E-state index contributed by atoms with van der Waals surface area (Å²) in [6.45, 7) is 11.1. The minimum atomic E-state index is -3.37. The van der Waals surface area contributed by atoms with Gasteiger partial charge in [-0.2, -0.15) is 0 Å². The van der Waals surface area contributed by atoms with Crippen LogP contribution in [0.15, 0.2) is 11.6 Å². The zero-order valence-corrected chi connectivity index (χ0v) is 39.4. The van der Waals surface area contributed by atoms with Crippen molar-refractivity contribution in [2.75, 3.05) is 19.8 Å². The number of hydrogen-bond donors (Lipinski definition) is 10. The minimum absolute atomic E-state index is 0.0941. The lowest BCUT2D eigenvalue weighted by Crippen LogP contribution is -2.72. The monoisotopic (exact) mass is 970 g/mol. The van der Waals surface area contributed by atoms with E-state index in [1.165, 1.54) is 5.57 Å². The second-order valence-electron chi connectivity index (χ2n) is 22.8. The largest absolute Gasteiger partial charge is 0.480 e. The lowest BCUT2D eigenvalue weighted by Gasteiger charge is -2.71. The Morgan fingerprint density at radius 2 is 1.46 bits per heavy atom. The Balaban J connectivity index is 1.05. The van der Waals surface area contributed by atoms with Crippen LogP contribution in [0, 0.1) is 50.2 Å². The normalized spacial score (nSPS) is 50.7. The molecule has 0 radical (unpaired) electrons. The van der Waals surface area contributed by atoms with Gasteiger partial charge in [-0.25, -0.2) is 14.4 Å². The van der Waals surface area contributed by atoms with Crippen molar-refractivity contribution in [3.63, 3.8) is 0 Å². The van der Waals surface area contributed by atoms with Crippen molar-refractivity contribution in [1.82, 2.24) is 0 Å². The number of hydrogen-bond acceptors (Lipinski definition) is 18. The predicted octanol–water partition coefficient (Wildman–Crippen LogP) is 0.644. The summed E-state index contributed by atoms with van der Waals surface area (Å²) in [7, 11) is 0. The van der Waals surface area contributed by atoms with E-state index in [-0.39, 0.29) is 46.0 Å². The Morgan fingerprint density at radius 1 is 0.765 bits per heavy atom. The molecule has 10 N–H and O–H groups in total. The Kier molecular flexibility index (Phi) is 13.4. The fourth-order valence-electron chi connectivity index (χ4n) is 14.8. The van der Waals surface area contributed by atoms with Gasteiger partial charge in [-0.15, -0.1) is 0 Å². The Hall–Kier alpha value is -2.90. The van der Waals surface area contributed by atoms with Gasteiger partial charge in [-0.3, -0.25) is 4.79 Å². The summed E-state index contributed by atoms with van der Waals surface area (Å²) in [6, 6.07) is 0. The van der Waals surface area contributed by atoms with Gasteiger partial charge in [0.25, 0.3) is 0 Å². The third kappa shape index (κ3) is 7.76. The van der Waals surface area contributed by atoms with Crippen molar-refractivity contribution in [3.05, 3.63) is 11.6 Å². The van der Waals surface area contributed by atoms with E-state index in [2.05, 4.69) is 40.7 Å². The molecule has 68 heavy (non-hydrogen) atoms. The highest BCUT2D eigenvalue weighted by Crippen LogP contribution is 2.76. The number of ether oxygens (including phenoxy) is 7. The van der Waals surface area contributed by atoms with Crippen LogP contribution in [0.5, 0.6) is 0 Å². The number of fused-ring (bicyclic) bond motifs is 8. The molecule has 8 aliphatic rings. The van der Waals surface area contributed by atoms with Gasteiger partial charge in [-0.1, -0.05) is 53.2 Å². The molecule has 0 amide bonds. The van der Waals surface area contributed by atoms with Crippen molar-refractivity contribution in [1.29, 1.82) is 0 Å². The summed E-state index contributed by atoms with van der Waals surface area (Å²) in [5, 5.41) is 105. The first-order valence-electron chi connectivity index (χ1n) is 23.9. The number of carbonyl (C=O) groups is 4. The SMILES string of the molecule is CC1(C)CC[C@]2(C(=O)O[C@@H]3O[C@H](CO)[C@@H](O)[C@H](O)[C@H]3O)CC[C@]3(C)C(=CC[C@@H]4[C@@]5(C)CC[C@H](O[C@@H]6O[C@H](C(=O)O)[C@H]7O[C@@](O)(C(=O)O)[C@@H](OCC(=O)O)O[C@@H]7[C@H]6O)[C@@](C)(CO)C5CC[C@]43C)[C@@H]2C1. The fraction of sp³-hybridized carbons (Fsp3) is 0.872. The van der Waals surface area contributed by atoms with Gasteiger partial charge in [0, 0.05) is 5.41 Å². The van der Waals surface area contributed by atoms with E-state index in [0.717, 1.165) is 12.8 Å². The van der Waals surface area contributed by atoms with Crippen molar-refractivity contribution in [2.45, 2.75) is 185 Å². The maximum atomic E-state index is 14.7. The van der Waals surface area contributed by atoms with Crippen molar-refractivity contribution in [3.8, 4) is 0 Å². The van der Waals surface area contributed by atoms with Gasteiger partial charge in [0.15, 0.2) is 12.4 Å². The van der Waals surface area contributed by atoms with Gasteiger partial charge >= 0.3 is 29.7 Å². The highest BCUT2D eigenvalue weighted by atomic mass is 16.8. The summed E-state index contributed by atoms with van der Waals surface area (Å²) in [4.78, 5) is 50.7. The standard InChI is InChI=1S/C47H70O21/c1-41(2)13-15-46(39(60)67-36-30(54)29(53)28(52)23(18-48)63-36)16-14-44(5)21(22(46)17-41)7-8-25-42(3)11-10-26(43(4,20-49)24(42)9-12-45(25,44)6)64-37-31(55)32-33(34(65-37)35(56)57)68-47(61,38(58)59)40(66-32)62-19-27(50)51/h7,22-26,28-34,36-37,40,48-49,52-55,61H,8-20H2,1-6H3,(H,50,51)(H,56,57)(H,58,59)/t22-,23+,24?,25+,26-,28+,29-,30+,31+,32+,33-,34-,36-,37+,40-,42-,43-,44+,45+,46-,47-/m0/s1. The molecular weight excluding hydrogens is 900 g/mol. The fourth-order valence-corrected chi connectivity index (χ4v) is 14.8. The second-order valence-corrected chi connectivity index (χ2v) is 22.8. The highest BCUT2D eigenvalue weighted by Gasteiger charge is 2.71. The number of aliphatic carboxylic acids is 3. The minimum Gasteiger partial charge on any atom is -0.480 e. The van der Waals surface area contributed by atoms with E-state index in [0.29, 0.717) is 51.4 Å². The summed E-state index contributed by atoms with van der Waals surface area (Å²) < 4.78 is 39.8. The molecule has 21 heteroatoms. The highest BCUT2D eigenvalue weighted by molar-refractivity contribution is 5.79. The first-order chi connectivity index (χ1) is 31.7. The molecule has 384 valence electrons. The summed E-state index contributed by atoms with van der Waals surface area (Å²) in [6.07, 6.45) is -11.8. The maximum absolute atomic E-state index is 14.7. The molecule has 21 atom stereocenters. The molecule has 1 unspecified atom stereocenters. The van der Waals surface area contributed by atoms with Crippen molar-refractivity contribution < 1.29 is 103 Å². The van der Waals surface area contributed by atoms with Crippen LogP contribution in [0.4, 0.5) is 0 Å². The van der Waals surface area contributed by atoms with Crippen LogP contribution in [0.25, 0.3) is 0 Å². The molecule has 0 bridgehead atoms. The molecule has 0 aromatic carbocycles. The summed E-state index contributed by atoms with van der Waals surface area (Å²) >= 11 is 0. The molecule has 3 heterocycles. The van der Waals surface area contributed by atoms with E-state index in [4.69, 9.17) is 33.2 Å². The van der Waals surface area contributed by atoms with Gasteiger partial charge in [-0.05, 0) is 104 Å². The molecule has 0 aromatic heterocycles. The molecule has 4 saturated carbocycles. The molecule has 3 aliphatic heterocycles. The first-order valence-corrected chi connectivity index (χ1v) is 23.9. The van der Waals surface area contributed by atoms with Crippen molar-refractivity contribution >= 4 is 23.9 Å². The Labute approximate surface area is 393 Å². The number of aliphatic hydroxyl groups is 7. The Morgan fingerprint density at radius 3 is 2.09 bits per heavy atom. The van der Waals surface area contributed by atoms with Crippen LogP contribution in [-0.2, 0) is 52.3 Å². The smallest absolute Gasteiger partial charge is 0.369 e. The van der Waals surface area contributed by atoms with Gasteiger partial charge < -0.3 is 84.2 Å². The topological polar surface area (TPSA) is 335 Å². The van der Waals surface area contributed by atoms with Crippen LogP contribution >= 0.6 is 0 Å². The predicted molar refractivity (Wildman–Crippen MR) is 227 cm³/mol. The van der Waals surface area contributed by atoms with Gasteiger partial charge in [0.1, 0.15) is 49.3 Å². The molecular formula is C47H70O21. The van der Waals surface area contributed by atoms with E-state index in [9.17, 15) is 70.2 Å². The molecule has 8 rings (SSSR count). The van der Waals surface area contributed by atoms with Crippen LogP contribution in [0.2, 0.25) is 0 Å². The summed E-state index contributed by atoms with van der Waals surface area (Å²) in [5.41, 5.74) is -1.89. The molecule has 0 aromatic rings. The lowest BCUT2D eigenvalue weighted by atomic mass is 9.33. The van der Waals surface area contributed by atoms with Gasteiger partial charge in [0.2, 0.25) is 12.6 Å². The van der Waals surface area contributed by atoms with Crippen molar-refractivity contribution in [2.24, 2.45) is 50.2 Å². The zero-order chi connectivity index (χ0) is 49.9. The average molecular weight is 971 g/mol. The lowest BCUT2D eigenvalue weighted by molar-refractivity contribution is -0.435. The van der Waals surface area contributed by atoms with Crippen LogP contribution in [0.3, 0.4) is 0 Å². The van der Waals surface area contributed by atoms with E-state index >= 15 is 0 Å². The van der Waals surface area contributed by atoms with E-state index in [1.54, 1.807) is 0 Å². The number of rotatable bonds is 11. The number of carboxylic acids is 3. The molecule has 0 spiro atoms. The number of allylic oxidation sites excluding steroid dienone is 2. The van der Waals surface area contributed by atoms with Crippen LogP contribution in [0.1, 0.15) is 106 Å². The number of carbonyl (C=O) groups excluding carboxylic acids is 1. The van der Waals surface area contributed by atoms with Gasteiger partial charge in [0.05, 0.1) is 24.7 Å². The third-order valence-electron chi connectivity index (χ3n) is 18.8. The number of esters is 1. The third-order valence-corrected chi connectivity index (χ3v) is 18.8. The molecule has 7 fully saturated rings. The average Bonchev–Trinajstić information content (AvgIpc) is 3.27. The number of aliphatic hydroxyl groups excluding tert-OH is 6. The summed E-state index contributed by atoms with van der Waals surface area (Å²) in [5.74, 6) is -9.47. The number of carboxylic acid groups (broad SMARTS) is 3. The van der Waals surface area contributed by atoms with E-state index < -0.39 is 128 Å². The van der Waals surface area contributed by atoms with Crippen LogP contribution < -0.4 is 0 Å². The maximum Gasteiger partial charge on any atom is 0.369 e.